The highest BCUT2D eigenvalue weighted by Crippen LogP contribution is 2.16. The van der Waals surface area contributed by atoms with Crippen molar-refractivity contribution in [2.24, 2.45) is 5.73 Å². The largest absolute Gasteiger partial charge is 0.379 e. The lowest BCUT2D eigenvalue weighted by molar-refractivity contribution is -0.122. The number of ether oxygens (including phenoxy) is 1. The SMILES string of the molecule is NC(=O)C1CCCN1CCN1CCOCC1. The first-order valence-corrected chi connectivity index (χ1v) is 6.11. The quantitative estimate of drug-likeness (QED) is 0.688. The van der Waals surface area contributed by atoms with Gasteiger partial charge in [-0.3, -0.25) is 14.6 Å². The summed E-state index contributed by atoms with van der Waals surface area (Å²) in [5.41, 5.74) is 5.38. The Kier molecular flexibility index (Phi) is 4.15. The molecule has 1 unspecified atom stereocenters. The van der Waals surface area contributed by atoms with E-state index in [9.17, 15) is 4.79 Å². The molecule has 0 aromatic heterocycles. The van der Waals surface area contributed by atoms with Crippen LogP contribution in [0.4, 0.5) is 0 Å². The van der Waals surface area contributed by atoms with Crippen molar-refractivity contribution in [2.45, 2.75) is 18.9 Å². The van der Waals surface area contributed by atoms with Gasteiger partial charge in [0.2, 0.25) is 5.91 Å². The van der Waals surface area contributed by atoms with Crippen LogP contribution in [0.25, 0.3) is 0 Å². The minimum atomic E-state index is -0.167. The van der Waals surface area contributed by atoms with Crippen LogP contribution in [0.15, 0.2) is 0 Å². The van der Waals surface area contributed by atoms with E-state index in [2.05, 4.69) is 9.80 Å². The summed E-state index contributed by atoms with van der Waals surface area (Å²) in [7, 11) is 0. The van der Waals surface area contributed by atoms with Crippen LogP contribution in [0.5, 0.6) is 0 Å². The lowest BCUT2D eigenvalue weighted by Gasteiger charge is -2.29. The molecule has 2 fully saturated rings. The van der Waals surface area contributed by atoms with Gasteiger partial charge in [0, 0.05) is 26.2 Å². The van der Waals surface area contributed by atoms with Gasteiger partial charge in [-0.15, -0.1) is 0 Å². The number of carbonyl (C=O) groups is 1. The van der Waals surface area contributed by atoms with E-state index in [0.29, 0.717) is 0 Å². The molecule has 1 atom stereocenters. The number of hydrogen-bond donors (Lipinski definition) is 1. The Morgan fingerprint density at radius 3 is 2.69 bits per heavy atom. The fourth-order valence-electron chi connectivity index (χ4n) is 2.51. The Morgan fingerprint density at radius 1 is 1.25 bits per heavy atom. The first-order valence-electron chi connectivity index (χ1n) is 6.11. The number of rotatable bonds is 4. The van der Waals surface area contributed by atoms with Crippen LogP contribution in [0.3, 0.4) is 0 Å². The summed E-state index contributed by atoms with van der Waals surface area (Å²) in [6.07, 6.45) is 2.02. The van der Waals surface area contributed by atoms with E-state index in [1.54, 1.807) is 0 Å². The van der Waals surface area contributed by atoms with E-state index in [1.165, 1.54) is 0 Å². The summed E-state index contributed by atoms with van der Waals surface area (Å²) in [6.45, 7) is 6.67. The van der Waals surface area contributed by atoms with E-state index in [-0.39, 0.29) is 11.9 Å². The first kappa shape index (κ1) is 11.8. The van der Waals surface area contributed by atoms with E-state index in [4.69, 9.17) is 10.5 Å². The Morgan fingerprint density at radius 2 is 2.00 bits per heavy atom. The summed E-state index contributed by atoms with van der Waals surface area (Å²) in [6, 6.07) is -0.0268. The second-order valence-corrected chi connectivity index (χ2v) is 4.55. The predicted octanol–water partition coefficient (Wildman–Crippen LogP) is -0.732. The lowest BCUT2D eigenvalue weighted by atomic mass is 10.2. The zero-order chi connectivity index (χ0) is 11.4. The molecule has 2 aliphatic rings. The molecule has 5 heteroatoms. The summed E-state index contributed by atoms with van der Waals surface area (Å²) in [4.78, 5) is 15.8. The molecule has 16 heavy (non-hydrogen) atoms. The highest BCUT2D eigenvalue weighted by Gasteiger charge is 2.28. The Hall–Kier alpha value is -0.650. The minimum Gasteiger partial charge on any atom is -0.379 e. The third-order valence-corrected chi connectivity index (χ3v) is 3.50. The molecule has 2 saturated heterocycles. The molecular weight excluding hydrogens is 206 g/mol. The first-order chi connectivity index (χ1) is 7.77. The molecule has 2 N–H and O–H groups in total. The van der Waals surface area contributed by atoms with Gasteiger partial charge in [0.15, 0.2) is 0 Å². The molecule has 2 rings (SSSR count). The molecule has 0 aromatic rings. The third-order valence-electron chi connectivity index (χ3n) is 3.50. The molecule has 0 radical (unpaired) electrons. The zero-order valence-electron chi connectivity index (χ0n) is 9.73. The average molecular weight is 227 g/mol. The standard InChI is InChI=1S/C11H21N3O2/c12-11(15)10-2-1-3-14(10)5-4-13-6-8-16-9-7-13/h10H,1-9H2,(H2,12,15). The molecule has 1 amide bonds. The average Bonchev–Trinajstić information content (AvgIpc) is 2.76. The Balaban J connectivity index is 1.73. The summed E-state index contributed by atoms with van der Waals surface area (Å²) >= 11 is 0. The van der Waals surface area contributed by atoms with Crippen LogP contribution in [-0.4, -0.2) is 67.7 Å². The molecule has 0 spiro atoms. The normalized spacial score (nSPS) is 28.4. The van der Waals surface area contributed by atoms with E-state index < -0.39 is 0 Å². The molecule has 0 bridgehead atoms. The second-order valence-electron chi connectivity index (χ2n) is 4.55. The smallest absolute Gasteiger partial charge is 0.234 e. The van der Waals surface area contributed by atoms with Crippen molar-refractivity contribution < 1.29 is 9.53 Å². The van der Waals surface area contributed by atoms with Crippen LogP contribution in [0, 0.1) is 0 Å². The van der Waals surface area contributed by atoms with Gasteiger partial charge in [0.1, 0.15) is 0 Å². The predicted molar refractivity (Wildman–Crippen MR) is 61.0 cm³/mol. The van der Waals surface area contributed by atoms with Crippen LogP contribution < -0.4 is 5.73 Å². The van der Waals surface area contributed by atoms with Crippen molar-refractivity contribution in [3.05, 3.63) is 0 Å². The van der Waals surface area contributed by atoms with Crippen molar-refractivity contribution in [3.8, 4) is 0 Å². The minimum absolute atomic E-state index is 0.0268. The molecule has 5 nitrogen and oxygen atoms in total. The van der Waals surface area contributed by atoms with Gasteiger partial charge in [-0.2, -0.15) is 0 Å². The number of hydrogen-bond acceptors (Lipinski definition) is 4. The molecule has 2 aliphatic heterocycles. The maximum Gasteiger partial charge on any atom is 0.234 e. The maximum atomic E-state index is 11.2. The van der Waals surface area contributed by atoms with Crippen LogP contribution in [0.2, 0.25) is 0 Å². The fraction of sp³-hybridized carbons (Fsp3) is 0.909. The van der Waals surface area contributed by atoms with Crippen molar-refractivity contribution in [1.29, 1.82) is 0 Å². The summed E-state index contributed by atoms with van der Waals surface area (Å²) in [5, 5.41) is 0. The highest BCUT2D eigenvalue weighted by molar-refractivity contribution is 5.80. The van der Waals surface area contributed by atoms with Gasteiger partial charge in [-0.1, -0.05) is 0 Å². The van der Waals surface area contributed by atoms with Gasteiger partial charge in [-0.05, 0) is 19.4 Å². The van der Waals surface area contributed by atoms with E-state index in [0.717, 1.165) is 58.8 Å². The lowest BCUT2D eigenvalue weighted by Crippen LogP contribution is -2.46. The van der Waals surface area contributed by atoms with Gasteiger partial charge < -0.3 is 10.5 Å². The van der Waals surface area contributed by atoms with Crippen LogP contribution in [-0.2, 0) is 9.53 Å². The van der Waals surface area contributed by atoms with Crippen molar-refractivity contribution in [3.63, 3.8) is 0 Å². The monoisotopic (exact) mass is 227 g/mol. The number of carbonyl (C=O) groups excluding carboxylic acids is 1. The van der Waals surface area contributed by atoms with Crippen LogP contribution in [0.1, 0.15) is 12.8 Å². The number of morpholine rings is 1. The number of primary amides is 1. The molecule has 0 saturated carbocycles. The highest BCUT2D eigenvalue weighted by atomic mass is 16.5. The molecular formula is C11H21N3O2. The van der Waals surface area contributed by atoms with E-state index in [1.807, 2.05) is 0 Å². The summed E-state index contributed by atoms with van der Waals surface area (Å²) in [5.74, 6) is -0.167. The van der Waals surface area contributed by atoms with Gasteiger partial charge in [-0.25, -0.2) is 0 Å². The van der Waals surface area contributed by atoms with E-state index >= 15 is 0 Å². The van der Waals surface area contributed by atoms with Gasteiger partial charge in [0.25, 0.3) is 0 Å². The number of nitrogens with zero attached hydrogens (tertiary/aromatic N) is 2. The molecule has 0 aromatic carbocycles. The maximum absolute atomic E-state index is 11.2. The zero-order valence-corrected chi connectivity index (χ0v) is 9.73. The molecule has 2 heterocycles. The fourth-order valence-corrected chi connectivity index (χ4v) is 2.51. The molecule has 92 valence electrons. The van der Waals surface area contributed by atoms with Crippen molar-refractivity contribution in [1.82, 2.24) is 9.80 Å². The third kappa shape index (κ3) is 2.93. The Bertz CT molecular complexity index is 241. The van der Waals surface area contributed by atoms with Crippen LogP contribution >= 0.6 is 0 Å². The van der Waals surface area contributed by atoms with Gasteiger partial charge >= 0.3 is 0 Å². The summed E-state index contributed by atoms with van der Waals surface area (Å²) < 4.78 is 5.30. The number of amides is 1. The van der Waals surface area contributed by atoms with Crippen molar-refractivity contribution in [2.75, 3.05) is 45.9 Å². The second kappa shape index (κ2) is 5.61. The number of likely N-dealkylation sites (tertiary alicyclic amines) is 1. The molecule has 0 aliphatic carbocycles. The Labute approximate surface area is 96.5 Å². The van der Waals surface area contributed by atoms with Gasteiger partial charge in [0.05, 0.1) is 19.3 Å². The number of nitrogens with two attached hydrogens (primary N) is 1. The topological polar surface area (TPSA) is 58.8 Å². The van der Waals surface area contributed by atoms with Crippen molar-refractivity contribution >= 4 is 5.91 Å².